The van der Waals surface area contributed by atoms with Gasteiger partial charge in [-0.1, -0.05) is 11.6 Å². The second-order valence-electron chi connectivity index (χ2n) is 3.91. The fourth-order valence-corrected chi connectivity index (χ4v) is 1.96. The van der Waals surface area contributed by atoms with Crippen molar-refractivity contribution in [3.63, 3.8) is 0 Å². The van der Waals surface area contributed by atoms with E-state index in [4.69, 9.17) is 17.3 Å². The third-order valence-corrected chi connectivity index (χ3v) is 2.95. The molecule has 0 aliphatic carbocycles. The number of alkyl halides is 3. The van der Waals surface area contributed by atoms with E-state index in [0.717, 1.165) is 10.8 Å². The zero-order valence-corrected chi connectivity index (χ0v) is 9.72. The van der Waals surface area contributed by atoms with Gasteiger partial charge in [-0.05, 0) is 6.07 Å². The average Bonchev–Trinajstić information content (AvgIpc) is 2.67. The lowest BCUT2D eigenvalue weighted by Crippen LogP contribution is -2.42. The van der Waals surface area contributed by atoms with Gasteiger partial charge in [-0.15, -0.1) is 0 Å². The second kappa shape index (κ2) is 4.54. The summed E-state index contributed by atoms with van der Waals surface area (Å²) in [5, 5.41) is -0.482. The van der Waals surface area contributed by atoms with Gasteiger partial charge < -0.3 is 10.3 Å². The molecule has 0 saturated carbocycles. The maximum atomic E-state index is 12.6. The van der Waals surface area contributed by atoms with Crippen molar-refractivity contribution in [1.29, 1.82) is 0 Å². The summed E-state index contributed by atoms with van der Waals surface area (Å²) in [4.78, 5) is 11.7. The van der Waals surface area contributed by atoms with Crippen molar-refractivity contribution in [3.8, 4) is 0 Å². The van der Waals surface area contributed by atoms with E-state index in [2.05, 4.69) is 10.9 Å². The first-order valence-corrected chi connectivity index (χ1v) is 5.41. The molecule has 0 spiro atoms. The molecule has 2 rings (SSSR count). The number of pyridine rings is 1. The smallest absolute Gasteiger partial charge is 0.313 e. The molecule has 2 atom stereocenters. The molecule has 1 saturated heterocycles. The van der Waals surface area contributed by atoms with Gasteiger partial charge in [-0.2, -0.15) is 13.2 Å². The number of hydrazine groups is 1. The highest BCUT2D eigenvalue weighted by molar-refractivity contribution is 6.30. The molecule has 100 valence electrons. The summed E-state index contributed by atoms with van der Waals surface area (Å²) in [5.74, 6) is 0. The summed E-state index contributed by atoms with van der Waals surface area (Å²) in [6.07, 6.45) is -4.50. The SMILES string of the molecule is NC1NNCC1n1cc(C(F)(F)F)cc(Cl)c1=O. The van der Waals surface area contributed by atoms with Crippen LogP contribution in [0.1, 0.15) is 11.6 Å². The number of nitrogens with two attached hydrogens (primary N) is 1. The van der Waals surface area contributed by atoms with Crippen molar-refractivity contribution < 1.29 is 13.2 Å². The van der Waals surface area contributed by atoms with Gasteiger partial charge in [-0.3, -0.25) is 10.2 Å². The minimum atomic E-state index is -4.57. The lowest BCUT2D eigenvalue weighted by atomic mass is 10.2. The Morgan fingerprint density at radius 1 is 1.50 bits per heavy atom. The average molecular weight is 283 g/mol. The van der Waals surface area contributed by atoms with E-state index >= 15 is 0 Å². The highest BCUT2D eigenvalue weighted by Crippen LogP contribution is 2.30. The molecule has 0 aromatic carbocycles. The Morgan fingerprint density at radius 2 is 2.17 bits per heavy atom. The van der Waals surface area contributed by atoms with Crippen molar-refractivity contribution in [1.82, 2.24) is 15.4 Å². The first-order valence-electron chi connectivity index (χ1n) is 5.03. The molecule has 2 heterocycles. The van der Waals surface area contributed by atoms with Crippen LogP contribution in [0.3, 0.4) is 0 Å². The summed E-state index contributed by atoms with van der Waals surface area (Å²) < 4.78 is 38.8. The van der Waals surface area contributed by atoms with E-state index in [1.54, 1.807) is 0 Å². The predicted molar refractivity (Wildman–Crippen MR) is 58.9 cm³/mol. The van der Waals surface area contributed by atoms with E-state index in [0.29, 0.717) is 6.07 Å². The third-order valence-electron chi connectivity index (χ3n) is 2.68. The highest BCUT2D eigenvalue weighted by atomic mass is 35.5. The van der Waals surface area contributed by atoms with Crippen molar-refractivity contribution in [2.45, 2.75) is 18.4 Å². The van der Waals surface area contributed by atoms with Crippen molar-refractivity contribution >= 4 is 11.6 Å². The van der Waals surface area contributed by atoms with Crippen LogP contribution in [0.4, 0.5) is 13.2 Å². The summed E-state index contributed by atoms with van der Waals surface area (Å²) in [6.45, 7) is 0.235. The lowest BCUT2D eigenvalue weighted by Gasteiger charge is -2.19. The van der Waals surface area contributed by atoms with Crippen LogP contribution in [-0.4, -0.2) is 17.3 Å². The minimum absolute atomic E-state index is 0.235. The lowest BCUT2D eigenvalue weighted by molar-refractivity contribution is -0.138. The molecular weight excluding hydrogens is 273 g/mol. The second-order valence-corrected chi connectivity index (χ2v) is 4.31. The standard InChI is InChI=1S/C9H10ClF3N4O/c10-5-1-4(9(11,12)13)3-17(8(5)18)6-2-15-16-7(6)14/h1,3,6-7,15-16H,2,14H2. The topological polar surface area (TPSA) is 72.1 Å². The Labute approximate surface area is 105 Å². The molecule has 9 heteroatoms. The summed E-state index contributed by atoms with van der Waals surface area (Å²) in [6, 6.07) is -0.0147. The Kier molecular flexibility index (Phi) is 3.37. The molecule has 0 radical (unpaired) electrons. The summed E-state index contributed by atoms with van der Waals surface area (Å²) >= 11 is 5.54. The third kappa shape index (κ3) is 2.37. The molecule has 18 heavy (non-hydrogen) atoms. The van der Waals surface area contributed by atoms with Crippen molar-refractivity contribution in [2.75, 3.05) is 6.54 Å². The number of nitrogens with one attached hydrogen (secondary N) is 2. The molecule has 5 nitrogen and oxygen atoms in total. The van der Waals surface area contributed by atoms with E-state index in [1.165, 1.54) is 0 Å². The van der Waals surface area contributed by atoms with Crippen LogP contribution in [0.15, 0.2) is 17.1 Å². The number of nitrogens with zero attached hydrogens (tertiary/aromatic N) is 1. The van der Waals surface area contributed by atoms with E-state index in [-0.39, 0.29) is 6.54 Å². The maximum absolute atomic E-state index is 12.6. The molecule has 0 bridgehead atoms. The molecule has 1 aromatic rings. The zero-order chi connectivity index (χ0) is 13.5. The van der Waals surface area contributed by atoms with Gasteiger partial charge in [0.2, 0.25) is 0 Å². The summed E-state index contributed by atoms with van der Waals surface area (Å²) in [7, 11) is 0. The number of hydrogen-bond acceptors (Lipinski definition) is 4. The van der Waals surface area contributed by atoms with Crippen LogP contribution in [0.25, 0.3) is 0 Å². The molecule has 0 amide bonds. The number of halogens is 4. The quantitative estimate of drug-likeness (QED) is 0.699. The molecule has 2 unspecified atom stereocenters. The van der Waals surface area contributed by atoms with Crippen molar-refractivity contribution in [3.05, 3.63) is 33.2 Å². The summed E-state index contributed by atoms with van der Waals surface area (Å²) in [5.41, 5.74) is 9.24. The Hall–Kier alpha value is -1.09. The van der Waals surface area contributed by atoms with Gasteiger partial charge >= 0.3 is 6.18 Å². The van der Waals surface area contributed by atoms with Gasteiger partial charge in [0.05, 0.1) is 17.8 Å². The fraction of sp³-hybridized carbons (Fsp3) is 0.444. The normalized spacial score (nSPS) is 24.5. The molecular formula is C9H10ClF3N4O. The van der Waals surface area contributed by atoms with Crippen LogP contribution in [0.2, 0.25) is 5.02 Å². The highest BCUT2D eigenvalue weighted by Gasteiger charge is 2.34. The molecule has 1 aliphatic heterocycles. The van der Waals surface area contributed by atoms with Crippen LogP contribution < -0.4 is 22.1 Å². The van der Waals surface area contributed by atoms with Crippen LogP contribution >= 0.6 is 11.6 Å². The largest absolute Gasteiger partial charge is 0.417 e. The van der Waals surface area contributed by atoms with Gasteiger partial charge in [0.1, 0.15) is 5.02 Å². The maximum Gasteiger partial charge on any atom is 0.417 e. The monoisotopic (exact) mass is 282 g/mol. The number of aromatic nitrogens is 1. The molecule has 1 aliphatic rings. The minimum Gasteiger partial charge on any atom is -0.313 e. The van der Waals surface area contributed by atoms with Crippen molar-refractivity contribution in [2.24, 2.45) is 5.73 Å². The zero-order valence-electron chi connectivity index (χ0n) is 8.96. The molecule has 1 aromatic heterocycles. The van der Waals surface area contributed by atoms with Gasteiger partial charge in [0.25, 0.3) is 5.56 Å². The Balaban J connectivity index is 2.53. The van der Waals surface area contributed by atoms with E-state index in [9.17, 15) is 18.0 Å². The first-order chi connectivity index (χ1) is 8.30. The molecule has 1 fully saturated rings. The van der Waals surface area contributed by atoms with E-state index < -0.39 is 34.5 Å². The Bertz CT molecular complexity index is 516. The molecule has 4 N–H and O–H groups in total. The van der Waals surface area contributed by atoms with Crippen LogP contribution in [-0.2, 0) is 6.18 Å². The predicted octanol–water partition coefficient (Wildman–Crippen LogP) is 0.454. The Morgan fingerprint density at radius 3 is 2.67 bits per heavy atom. The fourth-order valence-electron chi connectivity index (χ4n) is 1.74. The van der Waals surface area contributed by atoms with Crippen LogP contribution in [0, 0.1) is 0 Å². The first kappa shape index (κ1) is 13.3. The number of rotatable bonds is 1. The van der Waals surface area contributed by atoms with E-state index in [1.807, 2.05) is 0 Å². The van der Waals surface area contributed by atoms with Gasteiger partial charge in [0, 0.05) is 12.7 Å². The van der Waals surface area contributed by atoms with Gasteiger partial charge in [0.15, 0.2) is 0 Å². The number of hydrogen-bond donors (Lipinski definition) is 3. The van der Waals surface area contributed by atoms with Gasteiger partial charge in [-0.25, -0.2) is 5.43 Å². The van der Waals surface area contributed by atoms with Crippen LogP contribution in [0.5, 0.6) is 0 Å².